The zero-order valence-corrected chi connectivity index (χ0v) is 23.9. The maximum Gasteiger partial charge on any atom is 0.377 e. The molecule has 0 atom stereocenters. The number of aliphatic hydroxyl groups is 1. The Labute approximate surface area is 243 Å². The number of carboxylic acid groups (broad SMARTS) is 1. The second kappa shape index (κ2) is 13.0. The molecule has 222 valence electrons. The summed E-state index contributed by atoms with van der Waals surface area (Å²) >= 11 is 0. The molecule has 0 spiro atoms. The first-order valence-corrected chi connectivity index (χ1v) is 13.9. The summed E-state index contributed by atoms with van der Waals surface area (Å²) in [6.07, 6.45) is 2.06. The number of rotatable bonds is 10. The van der Waals surface area contributed by atoms with Crippen molar-refractivity contribution in [1.82, 2.24) is 4.90 Å². The van der Waals surface area contributed by atoms with Crippen LogP contribution in [0.5, 0.6) is 23.0 Å². The van der Waals surface area contributed by atoms with Gasteiger partial charge in [-0.05, 0) is 79.6 Å². The van der Waals surface area contributed by atoms with Gasteiger partial charge in [-0.3, -0.25) is 4.79 Å². The number of amides is 2. The number of carbonyl (C=O) groups is 3. The number of aryl methyl sites for hydroxylation is 1. The number of nitrogens with zero attached hydrogens (tertiary/aromatic N) is 1. The summed E-state index contributed by atoms with van der Waals surface area (Å²) in [4.78, 5) is 38.0. The van der Waals surface area contributed by atoms with Crippen LogP contribution < -0.4 is 14.8 Å². The number of carbonyl (C=O) groups excluding carboxylic acids is 2. The summed E-state index contributed by atoms with van der Waals surface area (Å²) < 4.78 is 25.4. The summed E-state index contributed by atoms with van der Waals surface area (Å²) in [5.41, 5.74) is 0.192. The molecule has 10 heteroatoms. The van der Waals surface area contributed by atoms with Crippen molar-refractivity contribution >= 4 is 23.5 Å². The fourth-order valence-electron chi connectivity index (χ4n) is 5.09. The number of halogens is 1. The lowest BCUT2D eigenvalue weighted by Crippen LogP contribution is -2.48. The minimum Gasteiger partial charge on any atom is -0.475 e. The number of benzene rings is 3. The molecule has 3 N–H and O–H groups in total. The summed E-state index contributed by atoms with van der Waals surface area (Å²) in [5.74, 6) is -1.27. The van der Waals surface area contributed by atoms with Gasteiger partial charge in [-0.25, -0.2) is 14.0 Å². The van der Waals surface area contributed by atoms with E-state index >= 15 is 0 Å². The highest BCUT2D eigenvalue weighted by Gasteiger charge is 2.34. The molecule has 2 amide bonds. The number of anilines is 1. The largest absolute Gasteiger partial charge is 0.475 e. The average molecular weight is 579 g/mol. The van der Waals surface area contributed by atoms with Crippen molar-refractivity contribution in [3.8, 4) is 23.0 Å². The number of hydrogen-bond donors (Lipinski definition) is 3. The zero-order chi connectivity index (χ0) is 30.4. The monoisotopic (exact) mass is 578 g/mol. The average Bonchev–Trinajstić information content (AvgIpc) is 2.93. The van der Waals surface area contributed by atoms with E-state index in [1.54, 1.807) is 36.1 Å². The standard InChI is InChI=1S/C32H35FN2O7/c1-4-21-15-25(9-10-28(21)29(36)30(37)38)42-27-17-23(16-26(18-27)41-24-7-5-22(33)6-8-24)34-31(39)35-13-11-32(40,12-14-35)19-20(2)3/h5-10,15-18,20,40H,4,11-14,19H2,1-3H3,(H,34,39)(H,37,38). The number of Topliss-reactive ketones (excluding diaryl/α,β-unsaturated/α-hetero) is 1. The second-order valence-electron chi connectivity index (χ2n) is 10.9. The van der Waals surface area contributed by atoms with Gasteiger partial charge < -0.3 is 29.9 Å². The maximum absolute atomic E-state index is 13.4. The molecule has 0 bridgehead atoms. The van der Waals surface area contributed by atoms with Crippen LogP contribution >= 0.6 is 0 Å². The number of ether oxygens (including phenoxy) is 2. The lowest BCUT2D eigenvalue weighted by Gasteiger charge is -2.39. The molecule has 0 saturated carbocycles. The summed E-state index contributed by atoms with van der Waals surface area (Å²) in [6.45, 7) is 6.74. The van der Waals surface area contributed by atoms with E-state index in [4.69, 9.17) is 14.6 Å². The molecule has 0 unspecified atom stereocenters. The van der Waals surface area contributed by atoms with Gasteiger partial charge in [0.15, 0.2) is 0 Å². The van der Waals surface area contributed by atoms with E-state index in [2.05, 4.69) is 19.2 Å². The predicted octanol–water partition coefficient (Wildman–Crippen LogP) is 6.64. The summed E-state index contributed by atoms with van der Waals surface area (Å²) in [5, 5.41) is 22.8. The van der Waals surface area contributed by atoms with Gasteiger partial charge in [0.2, 0.25) is 0 Å². The van der Waals surface area contributed by atoms with Gasteiger partial charge in [-0.15, -0.1) is 0 Å². The minimum absolute atomic E-state index is 0.0838. The van der Waals surface area contributed by atoms with E-state index in [0.717, 1.165) is 0 Å². The first kappa shape index (κ1) is 30.5. The van der Waals surface area contributed by atoms with Gasteiger partial charge in [0.1, 0.15) is 28.8 Å². The Morgan fingerprint density at radius 2 is 1.52 bits per heavy atom. The number of urea groups is 1. The zero-order valence-electron chi connectivity index (χ0n) is 23.9. The number of nitrogens with one attached hydrogen (secondary N) is 1. The van der Waals surface area contributed by atoms with Crippen LogP contribution in [0.2, 0.25) is 0 Å². The van der Waals surface area contributed by atoms with Gasteiger partial charge in [-0.2, -0.15) is 0 Å². The quantitative estimate of drug-likeness (QED) is 0.182. The molecule has 0 radical (unpaired) electrons. The van der Waals surface area contributed by atoms with Crippen LogP contribution in [0.3, 0.4) is 0 Å². The molecule has 3 aromatic carbocycles. The van der Waals surface area contributed by atoms with Crippen molar-refractivity contribution in [2.75, 3.05) is 18.4 Å². The first-order chi connectivity index (χ1) is 19.9. The Kier molecular flexibility index (Phi) is 9.47. The number of carboxylic acids is 1. The van der Waals surface area contributed by atoms with Gasteiger partial charge in [0.05, 0.1) is 5.60 Å². The Morgan fingerprint density at radius 1 is 0.929 bits per heavy atom. The molecule has 0 aliphatic carbocycles. The maximum atomic E-state index is 13.4. The molecule has 1 heterocycles. The molecular formula is C32H35FN2O7. The van der Waals surface area contributed by atoms with Gasteiger partial charge >= 0.3 is 12.0 Å². The first-order valence-electron chi connectivity index (χ1n) is 13.9. The van der Waals surface area contributed by atoms with E-state index in [-0.39, 0.29) is 11.6 Å². The second-order valence-corrected chi connectivity index (χ2v) is 10.9. The number of aliphatic carboxylic acids is 1. The van der Waals surface area contributed by atoms with Crippen LogP contribution in [0, 0.1) is 11.7 Å². The van der Waals surface area contributed by atoms with E-state index in [1.165, 1.54) is 36.4 Å². The van der Waals surface area contributed by atoms with Crippen LogP contribution in [0.1, 0.15) is 56.0 Å². The SMILES string of the molecule is CCc1cc(Oc2cc(NC(=O)N3CCC(O)(CC(C)C)CC3)cc(Oc3ccc(F)cc3)c2)ccc1C(=O)C(=O)O. The lowest BCUT2D eigenvalue weighted by molar-refractivity contribution is -0.131. The normalized spacial score (nSPS) is 14.4. The minimum atomic E-state index is -1.54. The van der Waals surface area contributed by atoms with Gasteiger partial charge in [0.25, 0.3) is 5.78 Å². The molecule has 1 aliphatic rings. The van der Waals surface area contributed by atoms with Gasteiger partial charge in [0, 0.05) is 42.5 Å². The van der Waals surface area contributed by atoms with E-state index in [1.807, 2.05) is 0 Å². The molecule has 9 nitrogen and oxygen atoms in total. The molecule has 3 aromatic rings. The fraction of sp³-hybridized carbons (Fsp3) is 0.344. The van der Waals surface area contributed by atoms with Crippen molar-refractivity contribution in [2.24, 2.45) is 5.92 Å². The van der Waals surface area contributed by atoms with Crippen LogP contribution in [0.25, 0.3) is 0 Å². The number of ketones is 1. The van der Waals surface area contributed by atoms with Crippen LogP contribution in [-0.4, -0.2) is 51.6 Å². The molecule has 42 heavy (non-hydrogen) atoms. The highest BCUT2D eigenvalue weighted by Crippen LogP contribution is 2.34. The smallest absolute Gasteiger partial charge is 0.377 e. The highest BCUT2D eigenvalue weighted by molar-refractivity contribution is 6.40. The molecule has 1 aliphatic heterocycles. The number of likely N-dealkylation sites (tertiary alicyclic amines) is 1. The van der Waals surface area contributed by atoms with Gasteiger partial charge in [-0.1, -0.05) is 20.8 Å². The third-order valence-electron chi connectivity index (χ3n) is 7.08. The van der Waals surface area contributed by atoms with E-state index in [9.17, 15) is 23.9 Å². The molecule has 4 rings (SSSR count). The van der Waals surface area contributed by atoms with Crippen molar-refractivity contribution in [3.05, 3.63) is 77.6 Å². The van der Waals surface area contributed by atoms with Crippen LogP contribution in [0.15, 0.2) is 60.7 Å². The Hall–Kier alpha value is -4.44. The Bertz CT molecular complexity index is 1450. The lowest BCUT2D eigenvalue weighted by atomic mass is 9.84. The van der Waals surface area contributed by atoms with Crippen LogP contribution in [-0.2, 0) is 11.2 Å². The van der Waals surface area contributed by atoms with Crippen molar-refractivity contribution in [2.45, 2.75) is 52.1 Å². The Morgan fingerprint density at radius 3 is 2.10 bits per heavy atom. The van der Waals surface area contributed by atoms with Crippen molar-refractivity contribution < 1.29 is 38.5 Å². The molecule has 1 saturated heterocycles. The van der Waals surface area contributed by atoms with Crippen LogP contribution in [0.4, 0.5) is 14.9 Å². The summed E-state index contributed by atoms with van der Waals surface area (Å²) in [6, 6.07) is 14.4. The van der Waals surface area contributed by atoms with Crippen molar-refractivity contribution in [3.63, 3.8) is 0 Å². The summed E-state index contributed by atoms with van der Waals surface area (Å²) in [7, 11) is 0. The molecule has 1 fully saturated rings. The topological polar surface area (TPSA) is 125 Å². The third kappa shape index (κ3) is 7.85. The molecular weight excluding hydrogens is 543 g/mol. The molecule has 0 aromatic heterocycles. The van der Waals surface area contributed by atoms with Crippen molar-refractivity contribution in [1.29, 1.82) is 0 Å². The highest BCUT2D eigenvalue weighted by atomic mass is 19.1. The Balaban J connectivity index is 1.57. The van der Waals surface area contributed by atoms with E-state index in [0.29, 0.717) is 78.9 Å². The third-order valence-corrected chi connectivity index (χ3v) is 7.08. The predicted molar refractivity (Wildman–Crippen MR) is 155 cm³/mol. The number of hydrogen-bond acceptors (Lipinski definition) is 6. The number of piperidine rings is 1. The van der Waals surface area contributed by atoms with E-state index < -0.39 is 23.2 Å². The fourth-order valence-corrected chi connectivity index (χ4v) is 5.09.